The summed E-state index contributed by atoms with van der Waals surface area (Å²) < 4.78 is 12.9. The molecule has 1 N–H and O–H groups in total. The lowest BCUT2D eigenvalue weighted by Crippen LogP contribution is -2.09. The first-order valence-electron chi connectivity index (χ1n) is 7.01. The van der Waals surface area contributed by atoms with Gasteiger partial charge in [-0.05, 0) is 31.0 Å². The molecule has 0 spiro atoms. The number of benzene rings is 1. The lowest BCUT2D eigenvalue weighted by atomic mass is 10.1. The average Bonchev–Trinajstić information content (AvgIpc) is 2.92. The zero-order valence-electron chi connectivity index (χ0n) is 12.6. The van der Waals surface area contributed by atoms with Gasteiger partial charge < -0.3 is 14.6 Å². The van der Waals surface area contributed by atoms with E-state index in [1.54, 1.807) is 26.2 Å². The molecule has 0 aliphatic heterocycles. The monoisotopic (exact) mass is 291 g/mol. The summed E-state index contributed by atoms with van der Waals surface area (Å²) in [5.74, 6) is 1.99. The Bertz CT molecular complexity index is 581. The SMILES string of the molecule is CCCn1ncnc1COc1ccc([C@@H](C)O)cc1OC. The highest BCUT2D eigenvalue weighted by Gasteiger charge is 2.10. The Kier molecular flexibility index (Phi) is 5.16. The number of methoxy groups -OCH3 is 1. The van der Waals surface area contributed by atoms with Gasteiger partial charge in [0, 0.05) is 6.54 Å². The second-order valence-corrected chi connectivity index (χ2v) is 4.77. The molecule has 0 saturated carbocycles. The lowest BCUT2D eigenvalue weighted by molar-refractivity contribution is 0.198. The Morgan fingerprint density at radius 3 is 2.81 bits per heavy atom. The van der Waals surface area contributed by atoms with E-state index in [9.17, 15) is 5.11 Å². The summed E-state index contributed by atoms with van der Waals surface area (Å²) in [6.07, 6.45) is 1.98. The van der Waals surface area contributed by atoms with Crippen molar-refractivity contribution in [2.75, 3.05) is 7.11 Å². The number of hydrogen-bond acceptors (Lipinski definition) is 5. The lowest BCUT2D eigenvalue weighted by Gasteiger charge is -2.13. The number of hydrogen-bond donors (Lipinski definition) is 1. The Morgan fingerprint density at radius 2 is 2.14 bits per heavy atom. The van der Waals surface area contributed by atoms with E-state index in [0.29, 0.717) is 18.1 Å². The van der Waals surface area contributed by atoms with Crippen LogP contribution in [0.2, 0.25) is 0 Å². The van der Waals surface area contributed by atoms with E-state index in [1.165, 1.54) is 6.33 Å². The molecule has 0 unspecified atom stereocenters. The number of aliphatic hydroxyl groups is 1. The summed E-state index contributed by atoms with van der Waals surface area (Å²) in [5, 5.41) is 13.8. The number of aliphatic hydroxyl groups excluding tert-OH is 1. The van der Waals surface area contributed by atoms with Crippen molar-refractivity contribution in [3.63, 3.8) is 0 Å². The maximum atomic E-state index is 9.59. The Balaban J connectivity index is 2.10. The van der Waals surface area contributed by atoms with Crippen LogP contribution in [0, 0.1) is 0 Å². The van der Waals surface area contributed by atoms with Crippen molar-refractivity contribution in [2.24, 2.45) is 0 Å². The summed E-state index contributed by atoms with van der Waals surface area (Å²) in [6.45, 7) is 4.94. The van der Waals surface area contributed by atoms with Crippen molar-refractivity contribution >= 4 is 0 Å². The Morgan fingerprint density at radius 1 is 1.33 bits per heavy atom. The van der Waals surface area contributed by atoms with Gasteiger partial charge in [0.15, 0.2) is 17.3 Å². The first-order valence-corrected chi connectivity index (χ1v) is 7.01. The van der Waals surface area contributed by atoms with E-state index >= 15 is 0 Å². The van der Waals surface area contributed by atoms with Crippen molar-refractivity contribution in [2.45, 2.75) is 39.5 Å². The van der Waals surface area contributed by atoms with Gasteiger partial charge in [-0.2, -0.15) is 5.10 Å². The van der Waals surface area contributed by atoms with E-state index in [-0.39, 0.29) is 0 Å². The molecule has 21 heavy (non-hydrogen) atoms. The highest BCUT2D eigenvalue weighted by atomic mass is 16.5. The molecule has 114 valence electrons. The molecule has 2 rings (SSSR count). The number of aryl methyl sites for hydroxylation is 1. The third kappa shape index (κ3) is 3.72. The minimum atomic E-state index is -0.541. The van der Waals surface area contributed by atoms with E-state index in [2.05, 4.69) is 17.0 Å². The predicted octanol–water partition coefficient (Wildman–Crippen LogP) is 2.33. The van der Waals surface area contributed by atoms with Crippen LogP contribution in [-0.4, -0.2) is 27.0 Å². The molecule has 0 radical (unpaired) electrons. The van der Waals surface area contributed by atoms with Gasteiger partial charge >= 0.3 is 0 Å². The second kappa shape index (κ2) is 7.08. The van der Waals surface area contributed by atoms with E-state index in [0.717, 1.165) is 24.4 Å². The van der Waals surface area contributed by atoms with Crippen LogP contribution in [0.5, 0.6) is 11.5 Å². The van der Waals surface area contributed by atoms with E-state index in [1.807, 2.05) is 10.7 Å². The number of aromatic nitrogens is 3. The quantitative estimate of drug-likeness (QED) is 0.848. The van der Waals surface area contributed by atoms with Crippen LogP contribution in [0.3, 0.4) is 0 Å². The summed E-state index contributed by atoms with van der Waals surface area (Å²) in [7, 11) is 1.58. The van der Waals surface area contributed by atoms with Crippen LogP contribution in [0.4, 0.5) is 0 Å². The molecule has 0 amide bonds. The normalized spacial score (nSPS) is 12.2. The molecule has 0 aliphatic carbocycles. The molecular formula is C15H21N3O3. The topological polar surface area (TPSA) is 69.4 Å². The molecule has 6 nitrogen and oxygen atoms in total. The smallest absolute Gasteiger partial charge is 0.164 e. The van der Waals surface area contributed by atoms with E-state index < -0.39 is 6.10 Å². The first-order chi connectivity index (χ1) is 10.2. The molecule has 0 saturated heterocycles. The standard InChI is InChI=1S/C15H21N3O3/c1-4-7-18-15(16-10-17-18)9-21-13-6-5-12(11(2)19)8-14(13)20-3/h5-6,8,10-11,19H,4,7,9H2,1-3H3/t11-/m1/s1. The molecule has 1 aromatic carbocycles. The Hall–Kier alpha value is -2.08. The van der Waals surface area contributed by atoms with Crippen LogP contribution in [0.15, 0.2) is 24.5 Å². The minimum absolute atomic E-state index is 0.324. The van der Waals surface area contributed by atoms with E-state index in [4.69, 9.17) is 9.47 Å². The van der Waals surface area contributed by atoms with Crippen molar-refractivity contribution in [3.8, 4) is 11.5 Å². The summed E-state index contributed by atoms with van der Waals surface area (Å²) in [5.41, 5.74) is 0.786. The molecular weight excluding hydrogens is 270 g/mol. The van der Waals surface area contributed by atoms with Gasteiger partial charge in [0.2, 0.25) is 0 Å². The van der Waals surface area contributed by atoms with Gasteiger partial charge in [0.05, 0.1) is 13.2 Å². The molecule has 0 fully saturated rings. The average molecular weight is 291 g/mol. The minimum Gasteiger partial charge on any atom is -0.493 e. The molecule has 0 aliphatic rings. The molecule has 0 bridgehead atoms. The van der Waals surface area contributed by atoms with Gasteiger partial charge in [-0.3, -0.25) is 0 Å². The van der Waals surface area contributed by atoms with Crippen molar-refractivity contribution < 1.29 is 14.6 Å². The fourth-order valence-electron chi connectivity index (χ4n) is 2.00. The summed E-state index contributed by atoms with van der Waals surface area (Å²) in [4.78, 5) is 4.20. The maximum Gasteiger partial charge on any atom is 0.164 e. The summed E-state index contributed by atoms with van der Waals surface area (Å²) in [6, 6.07) is 5.39. The van der Waals surface area contributed by atoms with Crippen LogP contribution < -0.4 is 9.47 Å². The first kappa shape index (κ1) is 15.3. The second-order valence-electron chi connectivity index (χ2n) is 4.77. The zero-order valence-corrected chi connectivity index (χ0v) is 12.6. The largest absolute Gasteiger partial charge is 0.493 e. The Labute approximate surface area is 124 Å². The number of ether oxygens (including phenoxy) is 2. The highest BCUT2D eigenvalue weighted by molar-refractivity contribution is 5.43. The molecule has 1 heterocycles. The van der Waals surface area contributed by atoms with Crippen molar-refractivity contribution in [1.82, 2.24) is 14.8 Å². The third-order valence-corrected chi connectivity index (χ3v) is 3.16. The number of nitrogens with zero attached hydrogens (tertiary/aromatic N) is 3. The predicted molar refractivity (Wildman–Crippen MR) is 78.3 cm³/mol. The molecule has 2 aromatic rings. The fourth-order valence-corrected chi connectivity index (χ4v) is 2.00. The van der Waals surface area contributed by atoms with Gasteiger partial charge in [-0.25, -0.2) is 9.67 Å². The number of rotatable bonds is 7. The molecule has 1 aromatic heterocycles. The maximum absolute atomic E-state index is 9.59. The highest BCUT2D eigenvalue weighted by Crippen LogP contribution is 2.30. The fraction of sp³-hybridized carbons (Fsp3) is 0.467. The van der Waals surface area contributed by atoms with Crippen molar-refractivity contribution in [1.29, 1.82) is 0 Å². The van der Waals surface area contributed by atoms with Crippen LogP contribution in [-0.2, 0) is 13.2 Å². The van der Waals surface area contributed by atoms with Crippen LogP contribution >= 0.6 is 0 Å². The van der Waals surface area contributed by atoms with Crippen molar-refractivity contribution in [3.05, 3.63) is 35.9 Å². The molecule has 6 heteroatoms. The van der Waals surface area contributed by atoms with Crippen LogP contribution in [0.1, 0.15) is 37.8 Å². The van der Waals surface area contributed by atoms with Gasteiger partial charge in [-0.15, -0.1) is 0 Å². The summed E-state index contributed by atoms with van der Waals surface area (Å²) >= 11 is 0. The van der Waals surface area contributed by atoms with Gasteiger partial charge in [0.25, 0.3) is 0 Å². The van der Waals surface area contributed by atoms with Gasteiger partial charge in [-0.1, -0.05) is 13.0 Å². The third-order valence-electron chi connectivity index (χ3n) is 3.16. The van der Waals surface area contributed by atoms with Crippen LogP contribution in [0.25, 0.3) is 0 Å². The zero-order chi connectivity index (χ0) is 15.2. The van der Waals surface area contributed by atoms with Gasteiger partial charge in [0.1, 0.15) is 12.9 Å². The molecule has 1 atom stereocenters.